The van der Waals surface area contributed by atoms with Gasteiger partial charge >= 0.3 is 0 Å². The van der Waals surface area contributed by atoms with Crippen molar-refractivity contribution in [2.24, 2.45) is 0 Å². The lowest BCUT2D eigenvalue weighted by Gasteiger charge is -2.19. The van der Waals surface area contributed by atoms with Gasteiger partial charge in [-0.15, -0.1) is 0 Å². The Kier molecular flexibility index (Phi) is 3.08. The second-order valence-corrected chi connectivity index (χ2v) is 5.65. The average molecular weight is 281 g/mol. The molecule has 0 saturated carbocycles. The first kappa shape index (κ1) is 12.7. The minimum absolute atomic E-state index is 0.210. The minimum atomic E-state index is 0.210. The van der Waals surface area contributed by atoms with Gasteiger partial charge in [-0.05, 0) is 41.4 Å². The maximum Gasteiger partial charge on any atom is 0.122 e. The number of ether oxygens (including phenoxy) is 2. The van der Waals surface area contributed by atoms with Crippen molar-refractivity contribution >= 4 is 0 Å². The molecule has 0 aliphatic carbocycles. The van der Waals surface area contributed by atoms with E-state index in [4.69, 9.17) is 9.47 Å². The van der Waals surface area contributed by atoms with Crippen LogP contribution in [0.15, 0.2) is 36.4 Å². The van der Waals surface area contributed by atoms with Crippen molar-refractivity contribution in [3.05, 3.63) is 58.7 Å². The summed E-state index contributed by atoms with van der Waals surface area (Å²) in [5.41, 5.74) is 5.22. The highest BCUT2D eigenvalue weighted by Crippen LogP contribution is 2.33. The molecule has 108 valence electrons. The van der Waals surface area contributed by atoms with Crippen LogP contribution < -0.4 is 14.8 Å². The van der Waals surface area contributed by atoms with Crippen LogP contribution in [-0.4, -0.2) is 20.3 Å². The van der Waals surface area contributed by atoms with E-state index < -0.39 is 0 Å². The van der Waals surface area contributed by atoms with Gasteiger partial charge in [-0.25, -0.2) is 0 Å². The molecule has 2 aliphatic heterocycles. The molecule has 2 aliphatic rings. The standard InChI is InChI=1S/C18H19NO2/c1-19-18(14-2-4-16-12(10-14)6-8-20-16)15-3-5-17-13(11-15)7-9-21-17/h2-5,10-11,18-19H,6-9H2,1H3. The Hall–Kier alpha value is -2.00. The van der Waals surface area contributed by atoms with E-state index in [2.05, 4.69) is 41.7 Å². The van der Waals surface area contributed by atoms with E-state index in [0.717, 1.165) is 37.6 Å². The van der Waals surface area contributed by atoms with Crippen LogP contribution in [0.5, 0.6) is 11.5 Å². The van der Waals surface area contributed by atoms with Crippen molar-refractivity contribution in [2.75, 3.05) is 20.3 Å². The Labute approximate surface area is 124 Å². The molecular formula is C18H19NO2. The molecular weight excluding hydrogens is 262 g/mol. The van der Waals surface area contributed by atoms with Gasteiger partial charge in [0.15, 0.2) is 0 Å². The third kappa shape index (κ3) is 2.18. The van der Waals surface area contributed by atoms with Crippen LogP contribution in [0.25, 0.3) is 0 Å². The van der Waals surface area contributed by atoms with Gasteiger partial charge in [-0.3, -0.25) is 0 Å². The van der Waals surface area contributed by atoms with E-state index in [9.17, 15) is 0 Å². The van der Waals surface area contributed by atoms with E-state index in [0.29, 0.717) is 0 Å². The molecule has 2 aromatic carbocycles. The van der Waals surface area contributed by atoms with Gasteiger partial charge in [-0.1, -0.05) is 24.3 Å². The fraction of sp³-hybridized carbons (Fsp3) is 0.333. The molecule has 4 rings (SSSR count). The molecule has 0 atom stereocenters. The summed E-state index contributed by atoms with van der Waals surface area (Å²) >= 11 is 0. The topological polar surface area (TPSA) is 30.5 Å². The molecule has 0 bridgehead atoms. The average Bonchev–Trinajstić information content (AvgIpc) is 3.15. The van der Waals surface area contributed by atoms with E-state index in [1.807, 2.05) is 7.05 Å². The molecule has 0 radical (unpaired) electrons. The molecule has 0 unspecified atom stereocenters. The molecule has 0 fully saturated rings. The molecule has 2 heterocycles. The zero-order chi connectivity index (χ0) is 14.2. The van der Waals surface area contributed by atoms with E-state index in [-0.39, 0.29) is 6.04 Å². The Bertz CT molecular complexity index is 623. The summed E-state index contributed by atoms with van der Waals surface area (Å²) in [6, 6.07) is 13.3. The van der Waals surface area contributed by atoms with Crippen molar-refractivity contribution < 1.29 is 9.47 Å². The molecule has 0 aromatic heterocycles. The van der Waals surface area contributed by atoms with E-state index in [1.54, 1.807) is 0 Å². The van der Waals surface area contributed by atoms with Crippen LogP contribution >= 0.6 is 0 Å². The van der Waals surface area contributed by atoms with Crippen molar-refractivity contribution in [3.8, 4) is 11.5 Å². The lowest BCUT2D eigenvalue weighted by atomic mass is 9.95. The minimum Gasteiger partial charge on any atom is -0.493 e. The summed E-state index contributed by atoms with van der Waals surface area (Å²) in [5.74, 6) is 2.08. The van der Waals surface area contributed by atoms with Crippen LogP contribution in [0.4, 0.5) is 0 Å². The molecule has 2 aromatic rings. The second-order valence-electron chi connectivity index (χ2n) is 5.65. The van der Waals surface area contributed by atoms with Gasteiger partial charge in [0.05, 0.1) is 19.3 Å². The van der Waals surface area contributed by atoms with Crippen molar-refractivity contribution in [1.29, 1.82) is 0 Å². The Morgan fingerprint density at radius 1 is 0.857 bits per heavy atom. The largest absolute Gasteiger partial charge is 0.493 e. The van der Waals surface area contributed by atoms with E-state index in [1.165, 1.54) is 22.3 Å². The monoisotopic (exact) mass is 281 g/mol. The normalized spacial score (nSPS) is 15.5. The van der Waals surface area contributed by atoms with Gasteiger partial charge in [-0.2, -0.15) is 0 Å². The van der Waals surface area contributed by atoms with Crippen molar-refractivity contribution in [3.63, 3.8) is 0 Å². The van der Waals surface area contributed by atoms with Gasteiger partial charge in [0, 0.05) is 12.8 Å². The van der Waals surface area contributed by atoms with Gasteiger partial charge in [0.1, 0.15) is 11.5 Å². The summed E-state index contributed by atoms with van der Waals surface area (Å²) in [6.45, 7) is 1.61. The first-order valence-corrected chi connectivity index (χ1v) is 7.53. The molecule has 21 heavy (non-hydrogen) atoms. The maximum atomic E-state index is 5.60. The zero-order valence-electron chi connectivity index (χ0n) is 12.2. The molecule has 1 N–H and O–H groups in total. The Morgan fingerprint density at radius 2 is 1.38 bits per heavy atom. The molecule has 3 nitrogen and oxygen atoms in total. The maximum absolute atomic E-state index is 5.60. The first-order chi connectivity index (χ1) is 10.3. The summed E-state index contributed by atoms with van der Waals surface area (Å²) < 4.78 is 11.2. The smallest absolute Gasteiger partial charge is 0.122 e. The van der Waals surface area contributed by atoms with E-state index >= 15 is 0 Å². The number of rotatable bonds is 3. The highest BCUT2D eigenvalue weighted by atomic mass is 16.5. The lowest BCUT2D eigenvalue weighted by molar-refractivity contribution is 0.356. The number of hydrogen-bond donors (Lipinski definition) is 1. The lowest BCUT2D eigenvalue weighted by Crippen LogP contribution is -2.17. The van der Waals surface area contributed by atoms with Crippen molar-refractivity contribution in [2.45, 2.75) is 18.9 Å². The molecule has 3 heteroatoms. The highest BCUT2D eigenvalue weighted by Gasteiger charge is 2.19. The first-order valence-electron chi connectivity index (χ1n) is 7.53. The van der Waals surface area contributed by atoms with Crippen LogP contribution in [0.2, 0.25) is 0 Å². The third-order valence-corrected chi connectivity index (χ3v) is 4.38. The van der Waals surface area contributed by atoms with Crippen LogP contribution in [-0.2, 0) is 12.8 Å². The number of nitrogens with one attached hydrogen (secondary N) is 1. The quantitative estimate of drug-likeness (QED) is 0.938. The Balaban J connectivity index is 1.71. The fourth-order valence-corrected chi connectivity index (χ4v) is 3.30. The SMILES string of the molecule is CNC(c1ccc2c(c1)CCO2)c1ccc2c(c1)CCO2. The summed E-state index contributed by atoms with van der Waals surface area (Å²) in [4.78, 5) is 0. The fourth-order valence-electron chi connectivity index (χ4n) is 3.30. The summed E-state index contributed by atoms with van der Waals surface area (Å²) in [7, 11) is 2.01. The predicted octanol–water partition coefficient (Wildman–Crippen LogP) is 2.87. The summed E-state index contributed by atoms with van der Waals surface area (Å²) in [6.07, 6.45) is 2.02. The van der Waals surface area contributed by atoms with Gasteiger partial charge < -0.3 is 14.8 Å². The van der Waals surface area contributed by atoms with Crippen LogP contribution in [0.1, 0.15) is 28.3 Å². The number of benzene rings is 2. The number of fused-ring (bicyclic) bond motifs is 2. The number of hydrogen-bond acceptors (Lipinski definition) is 3. The predicted molar refractivity (Wildman–Crippen MR) is 82.2 cm³/mol. The second kappa shape index (κ2) is 5.08. The van der Waals surface area contributed by atoms with Crippen molar-refractivity contribution in [1.82, 2.24) is 5.32 Å². The Morgan fingerprint density at radius 3 is 1.86 bits per heavy atom. The molecule has 0 saturated heterocycles. The summed E-state index contributed by atoms with van der Waals surface area (Å²) in [5, 5.41) is 3.44. The third-order valence-electron chi connectivity index (χ3n) is 4.38. The van der Waals surface area contributed by atoms with Gasteiger partial charge in [0.25, 0.3) is 0 Å². The van der Waals surface area contributed by atoms with Gasteiger partial charge in [0.2, 0.25) is 0 Å². The highest BCUT2D eigenvalue weighted by molar-refractivity contribution is 5.46. The molecule has 0 spiro atoms. The van der Waals surface area contributed by atoms with Crippen LogP contribution in [0, 0.1) is 0 Å². The van der Waals surface area contributed by atoms with Crippen LogP contribution in [0.3, 0.4) is 0 Å². The molecule has 0 amide bonds. The zero-order valence-corrected chi connectivity index (χ0v) is 12.2.